The number of rotatable bonds is 6. The van der Waals surface area contributed by atoms with E-state index < -0.39 is 18.0 Å². The van der Waals surface area contributed by atoms with Gasteiger partial charge in [0.15, 0.2) is 11.9 Å². The van der Waals surface area contributed by atoms with Crippen molar-refractivity contribution < 1.29 is 19.1 Å². The molecule has 0 saturated heterocycles. The standard InChI is InChI=1S/C25H20N2O4/c1-16-7-11-19(12-8-16)23(28)21-5-3-4-6-22(21)25(30)31-17(2)24(29)27-20-13-9-18(15-26)10-14-20/h3-14,17H,1-2H3,(H,27,29). The molecule has 1 unspecified atom stereocenters. The summed E-state index contributed by atoms with van der Waals surface area (Å²) < 4.78 is 5.31. The summed E-state index contributed by atoms with van der Waals surface area (Å²) in [5.74, 6) is -1.60. The normalized spacial score (nSPS) is 11.1. The zero-order chi connectivity index (χ0) is 22.4. The summed E-state index contributed by atoms with van der Waals surface area (Å²) in [6, 6.07) is 21.7. The number of hydrogen-bond acceptors (Lipinski definition) is 5. The minimum absolute atomic E-state index is 0.0890. The van der Waals surface area contributed by atoms with Gasteiger partial charge in [-0.25, -0.2) is 4.79 Å². The molecule has 1 atom stereocenters. The van der Waals surface area contributed by atoms with Crippen molar-refractivity contribution in [3.63, 3.8) is 0 Å². The Hall–Kier alpha value is -4.24. The minimum atomic E-state index is -1.09. The van der Waals surface area contributed by atoms with E-state index in [1.165, 1.54) is 13.0 Å². The fourth-order valence-electron chi connectivity index (χ4n) is 2.87. The van der Waals surface area contributed by atoms with E-state index in [-0.39, 0.29) is 16.9 Å². The fourth-order valence-corrected chi connectivity index (χ4v) is 2.87. The second kappa shape index (κ2) is 9.51. The zero-order valence-corrected chi connectivity index (χ0v) is 17.1. The summed E-state index contributed by atoms with van der Waals surface area (Å²) in [4.78, 5) is 38.0. The van der Waals surface area contributed by atoms with Gasteiger partial charge in [-0.2, -0.15) is 5.26 Å². The predicted molar refractivity (Wildman–Crippen MR) is 116 cm³/mol. The number of nitriles is 1. The van der Waals surface area contributed by atoms with Crippen LogP contribution in [0.1, 0.15) is 44.3 Å². The van der Waals surface area contributed by atoms with Gasteiger partial charge in [-0.05, 0) is 44.2 Å². The maximum absolute atomic E-state index is 12.9. The van der Waals surface area contributed by atoms with Gasteiger partial charge < -0.3 is 10.1 Å². The average Bonchev–Trinajstić information content (AvgIpc) is 2.79. The summed E-state index contributed by atoms with van der Waals surface area (Å²) in [5, 5.41) is 11.5. The molecule has 0 fully saturated rings. The highest BCUT2D eigenvalue weighted by Crippen LogP contribution is 2.18. The van der Waals surface area contributed by atoms with Gasteiger partial charge in [0, 0.05) is 16.8 Å². The van der Waals surface area contributed by atoms with E-state index in [1.54, 1.807) is 54.6 Å². The lowest BCUT2D eigenvalue weighted by Gasteiger charge is -2.15. The Morgan fingerprint density at radius 2 is 1.52 bits per heavy atom. The lowest BCUT2D eigenvalue weighted by molar-refractivity contribution is -0.123. The van der Waals surface area contributed by atoms with Gasteiger partial charge in [-0.15, -0.1) is 0 Å². The lowest BCUT2D eigenvalue weighted by atomic mass is 9.98. The Balaban J connectivity index is 1.72. The number of nitrogens with one attached hydrogen (secondary N) is 1. The third-order valence-corrected chi connectivity index (χ3v) is 4.64. The van der Waals surface area contributed by atoms with Crippen LogP contribution in [0.4, 0.5) is 5.69 Å². The van der Waals surface area contributed by atoms with Crippen LogP contribution in [0.15, 0.2) is 72.8 Å². The van der Waals surface area contributed by atoms with Crippen molar-refractivity contribution in [1.82, 2.24) is 0 Å². The van der Waals surface area contributed by atoms with Crippen LogP contribution in [-0.4, -0.2) is 23.8 Å². The Morgan fingerprint density at radius 1 is 0.903 bits per heavy atom. The van der Waals surface area contributed by atoms with Crippen LogP contribution in [0, 0.1) is 18.3 Å². The van der Waals surface area contributed by atoms with Crippen LogP contribution in [-0.2, 0) is 9.53 Å². The maximum Gasteiger partial charge on any atom is 0.339 e. The van der Waals surface area contributed by atoms with E-state index in [0.29, 0.717) is 16.8 Å². The molecule has 0 aliphatic rings. The molecule has 154 valence electrons. The number of carbonyl (C=O) groups excluding carboxylic acids is 3. The fraction of sp³-hybridized carbons (Fsp3) is 0.120. The van der Waals surface area contributed by atoms with Gasteiger partial charge in [-0.3, -0.25) is 9.59 Å². The summed E-state index contributed by atoms with van der Waals surface area (Å²) in [6.07, 6.45) is -1.09. The Morgan fingerprint density at radius 3 is 2.13 bits per heavy atom. The first-order valence-electron chi connectivity index (χ1n) is 9.61. The molecule has 0 aromatic heterocycles. The first kappa shape index (κ1) is 21.5. The molecule has 1 N–H and O–H groups in total. The quantitative estimate of drug-likeness (QED) is 0.481. The van der Waals surface area contributed by atoms with Crippen molar-refractivity contribution in [2.75, 3.05) is 5.32 Å². The Kier molecular flexibility index (Phi) is 6.58. The molecule has 0 aliphatic heterocycles. The molecule has 1 amide bonds. The van der Waals surface area contributed by atoms with E-state index >= 15 is 0 Å². The number of carbonyl (C=O) groups is 3. The molecule has 6 heteroatoms. The molecule has 0 saturated carbocycles. The van der Waals surface area contributed by atoms with E-state index in [0.717, 1.165) is 5.56 Å². The lowest BCUT2D eigenvalue weighted by Crippen LogP contribution is -2.30. The summed E-state index contributed by atoms with van der Waals surface area (Å²) in [5.41, 5.74) is 2.71. The van der Waals surface area contributed by atoms with Crippen molar-refractivity contribution in [2.45, 2.75) is 20.0 Å². The van der Waals surface area contributed by atoms with Crippen molar-refractivity contribution in [2.24, 2.45) is 0 Å². The van der Waals surface area contributed by atoms with E-state index in [1.807, 2.05) is 25.1 Å². The van der Waals surface area contributed by atoms with Crippen LogP contribution in [0.2, 0.25) is 0 Å². The minimum Gasteiger partial charge on any atom is -0.449 e. The number of ether oxygens (including phenoxy) is 1. The van der Waals surface area contributed by atoms with Crippen LogP contribution in [0.3, 0.4) is 0 Å². The van der Waals surface area contributed by atoms with Gasteiger partial charge in [0.1, 0.15) is 0 Å². The second-order valence-electron chi connectivity index (χ2n) is 6.97. The van der Waals surface area contributed by atoms with Gasteiger partial charge >= 0.3 is 5.97 Å². The molecule has 0 spiro atoms. The van der Waals surface area contributed by atoms with Gasteiger partial charge in [0.25, 0.3) is 5.91 Å². The summed E-state index contributed by atoms with van der Waals surface area (Å²) in [6.45, 7) is 3.37. The monoisotopic (exact) mass is 412 g/mol. The predicted octanol–water partition coefficient (Wildman–Crippen LogP) is 4.28. The first-order valence-corrected chi connectivity index (χ1v) is 9.61. The van der Waals surface area contributed by atoms with E-state index in [2.05, 4.69) is 5.32 Å². The molecule has 0 aliphatic carbocycles. The molecule has 3 aromatic rings. The molecule has 3 rings (SSSR count). The van der Waals surface area contributed by atoms with Crippen LogP contribution in [0.25, 0.3) is 0 Å². The number of ketones is 1. The Bertz CT molecular complexity index is 1160. The van der Waals surface area contributed by atoms with Gasteiger partial charge in [0.05, 0.1) is 17.2 Å². The number of esters is 1. The van der Waals surface area contributed by atoms with Crippen LogP contribution >= 0.6 is 0 Å². The topological polar surface area (TPSA) is 96.3 Å². The van der Waals surface area contributed by atoms with Crippen LogP contribution < -0.4 is 5.32 Å². The zero-order valence-electron chi connectivity index (χ0n) is 17.1. The van der Waals surface area contributed by atoms with Gasteiger partial charge in [0.2, 0.25) is 0 Å². The SMILES string of the molecule is Cc1ccc(C(=O)c2ccccc2C(=O)OC(C)C(=O)Nc2ccc(C#N)cc2)cc1. The molecule has 0 bridgehead atoms. The molecule has 0 heterocycles. The summed E-state index contributed by atoms with van der Waals surface area (Å²) >= 11 is 0. The van der Waals surface area contributed by atoms with Crippen molar-refractivity contribution in [3.05, 3.63) is 101 Å². The molecular weight excluding hydrogens is 392 g/mol. The molecule has 31 heavy (non-hydrogen) atoms. The number of nitrogens with zero attached hydrogens (tertiary/aromatic N) is 1. The highest BCUT2D eigenvalue weighted by atomic mass is 16.5. The third-order valence-electron chi connectivity index (χ3n) is 4.64. The largest absolute Gasteiger partial charge is 0.449 e. The van der Waals surface area contributed by atoms with Crippen molar-refractivity contribution >= 4 is 23.3 Å². The van der Waals surface area contributed by atoms with E-state index in [9.17, 15) is 14.4 Å². The van der Waals surface area contributed by atoms with Crippen LogP contribution in [0.5, 0.6) is 0 Å². The number of aryl methyl sites for hydroxylation is 1. The molecule has 6 nitrogen and oxygen atoms in total. The smallest absolute Gasteiger partial charge is 0.339 e. The number of hydrogen-bond donors (Lipinski definition) is 1. The van der Waals surface area contributed by atoms with E-state index in [4.69, 9.17) is 10.00 Å². The van der Waals surface area contributed by atoms with Crippen molar-refractivity contribution in [1.29, 1.82) is 5.26 Å². The number of benzene rings is 3. The molecular formula is C25H20N2O4. The maximum atomic E-state index is 12.9. The molecule has 3 aromatic carbocycles. The number of anilines is 1. The Labute approximate surface area is 180 Å². The first-order chi connectivity index (χ1) is 14.9. The van der Waals surface area contributed by atoms with Gasteiger partial charge in [-0.1, -0.05) is 48.0 Å². The van der Waals surface area contributed by atoms with Crippen molar-refractivity contribution in [3.8, 4) is 6.07 Å². The molecule has 0 radical (unpaired) electrons. The number of amides is 1. The summed E-state index contributed by atoms with van der Waals surface area (Å²) in [7, 11) is 0. The average molecular weight is 412 g/mol. The highest BCUT2D eigenvalue weighted by Gasteiger charge is 2.23. The highest BCUT2D eigenvalue weighted by molar-refractivity contribution is 6.14. The second-order valence-corrected chi connectivity index (χ2v) is 6.97. The third kappa shape index (κ3) is 5.22.